The van der Waals surface area contributed by atoms with E-state index in [9.17, 15) is 5.11 Å². The van der Waals surface area contributed by atoms with Crippen molar-refractivity contribution in [3.8, 4) is 0 Å². The van der Waals surface area contributed by atoms with E-state index in [2.05, 4.69) is 34.1 Å². The monoisotopic (exact) mass is 274 g/mol. The van der Waals surface area contributed by atoms with Gasteiger partial charge in [-0.2, -0.15) is 0 Å². The molecule has 2 fully saturated rings. The van der Waals surface area contributed by atoms with Crippen molar-refractivity contribution in [3.05, 3.63) is 29.8 Å². The van der Waals surface area contributed by atoms with Crippen molar-refractivity contribution in [1.29, 1.82) is 0 Å². The smallest absolute Gasteiger partial charge is 0.0787 e. The molecule has 1 aromatic rings. The molecule has 0 saturated carbocycles. The van der Waals surface area contributed by atoms with Crippen LogP contribution in [-0.4, -0.2) is 42.2 Å². The summed E-state index contributed by atoms with van der Waals surface area (Å²) in [5, 5.41) is 9.86. The number of hydrogen-bond donors (Lipinski definition) is 1. The van der Waals surface area contributed by atoms with E-state index in [1.54, 1.807) is 0 Å². The van der Waals surface area contributed by atoms with Crippen molar-refractivity contribution in [3.63, 3.8) is 0 Å². The third-order valence-electron chi connectivity index (χ3n) is 4.87. The van der Waals surface area contributed by atoms with E-state index in [1.165, 1.54) is 38.0 Å². The molecule has 2 aliphatic heterocycles. The zero-order valence-electron chi connectivity index (χ0n) is 12.5. The molecule has 2 atom stereocenters. The SMILES string of the molecule is CC[C@@H](O)c1ccc(N2CCN3CCCCC3C2)cc1. The summed E-state index contributed by atoms with van der Waals surface area (Å²) in [4.78, 5) is 5.17. The Morgan fingerprint density at radius 1 is 1.15 bits per heavy atom. The number of rotatable bonds is 3. The first-order chi connectivity index (χ1) is 9.78. The number of nitrogens with zero attached hydrogens (tertiary/aromatic N) is 2. The molecule has 2 heterocycles. The first-order valence-electron chi connectivity index (χ1n) is 8.05. The molecule has 1 unspecified atom stereocenters. The lowest BCUT2D eigenvalue weighted by Gasteiger charge is -2.45. The summed E-state index contributed by atoms with van der Waals surface area (Å²) in [5.74, 6) is 0. The third kappa shape index (κ3) is 2.84. The van der Waals surface area contributed by atoms with Gasteiger partial charge in [-0.3, -0.25) is 4.90 Å². The van der Waals surface area contributed by atoms with Crippen molar-refractivity contribution in [2.45, 2.75) is 44.8 Å². The molecule has 0 aliphatic carbocycles. The number of fused-ring (bicyclic) bond motifs is 1. The molecule has 0 spiro atoms. The molecule has 20 heavy (non-hydrogen) atoms. The molecule has 110 valence electrons. The van der Waals surface area contributed by atoms with Gasteiger partial charge in [0.15, 0.2) is 0 Å². The van der Waals surface area contributed by atoms with E-state index >= 15 is 0 Å². The molecule has 0 bridgehead atoms. The highest BCUT2D eigenvalue weighted by Crippen LogP contribution is 2.26. The van der Waals surface area contributed by atoms with Crippen molar-refractivity contribution < 1.29 is 5.11 Å². The highest BCUT2D eigenvalue weighted by Gasteiger charge is 2.28. The molecule has 0 amide bonds. The van der Waals surface area contributed by atoms with Crippen LogP contribution in [0.1, 0.15) is 44.3 Å². The molecule has 3 nitrogen and oxygen atoms in total. The van der Waals surface area contributed by atoms with Crippen LogP contribution in [0.5, 0.6) is 0 Å². The van der Waals surface area contributed by atoms with Crippen LogP contribution >= 0.6 is 0 Å². The van der Waals surface area contributed by atoms with E-state index in [1.807, 2.05) is 6.92 Å². The van der Waals surface area contributed by atoms with Crippen LogP contribution in [0.4, 0.5) is 5.69 Å². The minimum absolute atomic E-state index is 0.320. The molecule has 1 N–H and O–H groups in total. The van der Waals surface area contributed by atoms with Crippen molar-refractivity contribution in [2.75, 3.05) is 31.1 Å². The molecule has 0 aromatic heterocycles. The molecular weight excluding hydrogens is 248 g/mol. The summed E-state index contributed by atoms with van der Waals surface area (Å²) in [7, 11) is 0. The number of benzene rings is 1. The van der Waals surface area contributed by atoms with Gasteiger partial charge in [0.05, 0.1) is 6.10 Å². The lowest BCUT2D eigenvalue weighted by atomic mass is 9.99. The minimum Gasteiger partial charge on any atom is -0.388 e. The van der Waals surface area contributed by atoms with Gasteiger partial charge < -0.3 is 10.0 Å². The van der Waals surface area contributed by atoms with Crippen LogP contribution < -0.4 is 4.90 Å². The summed E-state index contributed by atoms with van der Waals surface area (Å²) in [5.41, 5.74) is 2.34. The normalized spacial score (nSPS) is 25.3. The van der Waals surface area contributed by atoms with E-state index in [-0.39, 0.29) is 6.10 Å². The van der Waals surface area contributed by atoms with Gasteiger partial charge in [-0.15, -0.1) is 0 Å². The number of piperidine rings is 1. The fourth-order valence-corrected chi connectivity index (χ4v) is 3.53. The quantitative estimate of drug-likeness (QED) is 0.918. The van der Waals surface area contributed by atoms with E-state index < -0.39 is 0 Å². The fourth-order valence-electron chi connectivity index (χ4n) is 3.53. The standard InChI is InChI=1S/C17H26N2O/c1-2-17(20)14-6-8-15(9-7-14)19-12-11-18-10-4-3-5-16(18)13-19/h6-9,16-17,20H,2-5,10-13H2,1H3/t16?,17-/m1/s1. The maximum atomic E-state index is 9.86. The molecule has 3 rings (SSSR count). The Morgan fingerprint density at radius 3 is 2.70 bits per heavy atom. The molecule has 2 aliphatic rings. The Labute approximate surface area is 122 Å². The van der Waals surface area contributed by atoms with Crippen molar-refractivity contribution in [2.24, 2.45) is 0 Å². The van der Waals surface area contributed by atoms with Gasteiger partial charge in [-0.25, -0.2) is 0 Å². The number of hydrogen-bond acceptors (Lipinski definition) is 3. The van der Waals surface area contributed by atoms with Crippen LogP contribution in [-0.2, 0) is 0 Å². The lowest BCUT2D eigenvalue weighted by Crippen LogP contribution is -2.54. The molecule has 0 radical (unpaired) electrons. The van der Waals surface area contributed by atoms with Gasteiger partial charge in [0.1, 0.15) is 0 Å². The second kappa shape index (κ2) is 6.15. The van der Waals surface area contributed by atoms with Crippen molar-refractivity contribution in [1.82, 2.24) is 4.90 Å². The predicted octanol–water partition coefficient (Wildman–Crippen LogP) is 2.80. The van der Waals surface area contributed by atoms with Gasteiger partial charge in [0, 0.05) is 31.4 Å². The maximum absolute atomic E-state index is 9.86. The first kappa shape index (κ1) is 13.9. The van der Waals surface area contributed by atoms with Gasteiger partial charge in [0.25, 0.3) is 0 Å². The number of aliphatic hydroxyl groups excluding tert-OH is 1. The summed E-state index contributed by atoms with van der Waals surface area (Å²) >= 11 is 0. The van der Waals surface area contributed by atoms with Gasteiger partial charge in [-0.05, 0) is 43.5 Å². The summed E-state index contributed by atoms with van der Waals surface area (Å²) < 4.78 is 0. The van der Waals surface area contributed by atoms with E-state index in [0.717, 1.165) is 31.1 Å². The average molecular weight is 274 g/mol. The number of anilines is 1. The average Bonchev–Trinajstić information content (AvgIpc) is 2.54. The predicted molar refractivity (Wildman–Crippen MR) is 83.1 cm³/mol. The minimum atomic E-state index is -0.320. The Kier molecular flexibility index (Phi) is 4.27. The summed E-state index contributed by atoms with van der Waals surface area (Å²) in [6, 6.07) is 9.26. The van der Waals surface area contributed by atoms with Crippen LogP contribution in [0.25, 0.3) is 0 Å². The zero-order valence-corrected chi connectivity index (χ0v) is 12.5. The highest BCUT2D eigenvalue weighted by atomic mass is 16.3. The van der Waals surface area contributed by atoms with Gasteiger partial charge in [0.2, 0.25) is 0 Å². The van der Waals surface area contributed by atoms with Gasteiger partial charge >= 0.3 is 0 Å². The molecule has 1 aromatic carbocycles. The van der Waals surface area contributed by atoms with Crippen molar-refractivity contribution >= 4 is 5.69 Å². The van der Waals surface area contributed by atoms with Crippen LogP contribution in [0.15, 0.2) is 24.3 Å². The summed E-state index contributed by atoms with van der Waals surface area (Å²) in [6.45, 7) is 6.80. The Balaban J connectivity index is 1.67. The number of aliphatic hydroxyl groups is 1. The molecule has 3 heteroatoms. The van der Waals surface area contributed by atoms with Crippen LogP contribution in [0, 0.1) is 0 Å². The first-order valence-corrected chi connectivity index (χ1v) is 8.05. The third-order valence-corrected chi connectivity index (χ3v) is 4.87. The molecular formula is C17H26N2O. The number of piperazine rings is 1. The van der Waals surface area contributed by atoms with Crippen LogP contribution in [0.3, 0.4) is 0 Å². The Hall–Kier alpha value is -1.06. The van der Waals surface area contributed by atoms with E-state index in [0.29, 0.717) is 0 Å². The Morgan fingerprint density at radius 2 is 1.95 bits per heavy atom. The zero-order chi connectivity index (χ0) is 13.9. The topological polar surface area (TPSA) is 26.7 Å². The maximum Gasteiger partial charge on any atom is 0.0787 e. The molecule has 2 saturated heterocycles. The second-order valence-electron chi connectivity index (χ2n) is 6.15. The second-order valence-corrected chi connectivity index (χ2v) is 6.15. The van der Waals surface area contributed by atoms with Crippen LogP contribution in [0.2, 0.25) is 0 Å². The summed E-state index contributed by atoms with van der Waals surface area (Å²) in [6.07, 6.45) is 4.57. The van der Waals surface area contributed by atoms with Gasteiger partial charge in [-0.1, -0.05) is 25.5 Å². The van der Waals surface area contributed by atoms with E-state index in [4.69, 9.17) is 0 Å². The Bertz CT molecular complexity index is 431. The fraction of sp³-hybridized carbons (Fsp3) is 0.647. The highest BCUT2D eigenvalue weighted by molar-refractivity contribution is 5.48. The lowest BCUT2D eigenvalue weighted by molar-refractivity contribution is 0.133. The largest absolute Gasteiger partial charge is 0.388 e.